The molecule has 4 rings (SSSR count). The van der Waals surface area contributed by atoms with E-state index in [1.54, 1.807) is 4.90 Å². The molecule has 0 spiro atoms. The predicted molar refractivity (Wildman–Crippen MR) is 191 cm³/mol. The number of fused-ring (bicyclic) bond motifs is 2. The Balaban J connectivity index is 1.47. The second-order valence-corrected chi connectivity index (χ2v) is 14.0. The number of amides is 5. The Morgan fingerprint density at radius 3 is 1.90 bits per heavy atom. The van der Waals surface area contributed by atoms with Gasteiger partial charge < -0.3 is 38.1 Å². The Hall–Kier alpha value is -4.33. The van der Waals surface area contributed by atoms with Gasteiger partial charge in [-0.15, -0.1) is 0 Å². The van der Waals surface area contributed by atoms with Crippen LogP contribution in [0.1, 0.15) is 57.1 Å². The first-order chi connectivity index (χ1) is 23.9. The van der Waals surface area contributed by atoms with Gasteiger partial charge in [-0.3, -0.25) is 28.9 Å². The van der Waals surface area contributed by atoms with Crippen LogP contribution >= 0.6 is 0 Å². The van der Waals surface area contributed by atoms with Crippen molar-refractivity contribution in [3.63, 3.8) is 0 Å². The zero-order valence-corrected chi connectivity index (χ0v) is 29.3. The van der Waals surface area contributed by atoms with Crippen molar-refractivity contribution in [1.29, 1.82) is 0 Å². The van der Waals surface area contributed by atoms with E-state index in [2.05, 4.69) is 16.0 Å². The van der Waals surface area contributed by atoms with Crippen LogP contribution in [0.15, 0.2) is 60.7 Å². The van der Waals surface area contributed by atoms with E-state index in [9.17, 15) is 24.0 Å². The molecule has 6 atom stereocenters. The van der Waals surface area contributed by atoms with E-state index in [1.807, 2.05) is 79.4 Å². The molecule has 0 aromatic heterocycles. The molecule has 0 aliphatic carbocycles. The van der Waals surface area contributed by atoms with Crippen molar-refractivity contribution in [3.8, 4) is 0 Å². The first-order valence-corrected chi connectivity index (χ1v) is 17.7. The minimum atomic E-state index is -1.00. The van der Waals surface area contributed by atoms with E-state index >= 15 is 0 Å². The number of nitrogens with zero attached hydrogens (tertiary/aromatic N) is 2. The van der Waals surface area contributed by atoms with Crippen molar-refractivity contribution in [2.24, 2.45) is 23.1 Å². The fraction of sp³-hybridized carbons (Fsp3) is 0.541. The van der Waals surface area contributed by atoms with Crippen molar-refractivity contribution in [2.45, 2.75) is 95.0 Å². The number of hydrogen-bond donors (Lipinski definition) is 6. The van der Waals surface area contributed by atoms with E-state index in [0.29, 0.717) is 51.7 Å². The van der Waals surface area contributed by atoms with Gasteiger partial charge in [0.25, 0.3) is 0 Å². The lowest BCUT2D eigenvalue weighted by Crippen LogP contribution is -2.60. The number of unbranched alkanes of at least 4 members (excludes halogenated alkanes) is 1. The number of benzene rings is 2. The molecule has 2 heterocycles. The maximum atomic E-state index is 13.9. The molecule has 50 heavy (non-hydrogen) atoms. The van der Waals surface area contributed by atoms with Crippen molar-refractivity contribution in [3.05, 3.63) is 71.8 Å². The van der Waals surface area contributed by atoms with Crippen LogP contribution in [0.3, 0.4) is 0 Å². The number of piperazine rings is 1. The molecule has 0 saturated carbocycles. The average Bonchev–Trinajstić information content (AvgIpc) is 3.68. The highest BCUT2D eigenvalue weighted by atomic mass is 16.2. The molecule has 2 saturated heterocycles. The molecule has 13 heteroatoms. The number of nitrogens with two attached hydrogens (primary N) is 3. The summed E-state index contributed by atoms with van der Waals surface area (Å²) in [6.45, 7) is 5.52. The zero-order valence-electron chi connectivity index (χ0n) is 29.3. The molecule has 6 unspecified atom stereocenters. The summed E-state index contributed by atoms with van der Waals surface area (Å²) in [6, 6.07) is 15.0. The minimum absolute atomic E-state index is 0.0319. The third-order valence-corrected chi connectivity index (χ3v) is 9.45. The summed E-state index contributed by atoms with van der Waals surface area (Å²) in [7, 11) is 0. The van der Waals surface area contributed by atoms with Crippen molar-refractivity contribution in [2.75, 3.05) is 26.2 Å². The average molecular weight is 691 g/mol. The Labute approximate surface area is 295 Å². The largest absolute Gasteiger partial charge is 0.369 e. The summed E-state index contributed by atoms with van der Waals surface area (Å²) < 4.78 is 0. The summed E-state index contributed by atoms with van der Waals surface area (Å²) in [5.74, 6) is -2.02. The zero-order chi connectivity index (χ0) is 36.2. The van der Waals surface area contributed by atoms with Crippen LogP contribution in [-0.4, -0.2) is 102 Å². The number of primary amides is 1. The summed E-state index contributed by atoms with van der Waals surface area (Å²) >= 11 is 0. The Morgan fingerprint density at radius 2 is 1.34 bits per heavy atom. The highest BCUT2D eigenvalue weighted by Crippen LogP contribution is 2.31. The highest BCUT2D eigenvalue weighted by Gasteiger charge is 2.47. The standard InChI is InChI=1S/C37H54N8O5/c1-24(2)17-31(35(48)41-30(15-9-10-16-38)37(50)45-22-27-20-28(45)21-44(27)23-33(40)46)43-36(49)32(19-26-13-7-4-8-14-26)42-34(47)29(39)18-25-11-5-3-6-12-25/h3-8,11-14,24,27-32H,9-10,15-23,38-39H2,1-2H3,(H2,40,46)(H,41,48)(H,42,47)(H,43,49). The van der Waals surface area contributed by atoms with Gasteiger partial charge in [0.1, 0.15) is 18.1 Å². The molecule has 9 N–H and O–H groups in total. The molecule has 2 fully saturated rings. The van der Waals surface area contributed by atoms with Gasteiger partial charge in [0, 0.05) is 31.6 Å². The molecule has 2 aromatic carbocycles. The van der Waals surface area contributed by atoms with E-state index < -0.39 is 47.8 Å². The smallest absolute Gasteiger partial charge is 0.245 e. The maximum Gasteiger partial charge on any atom is 0.245 e. The molecule has 13 nitrogen and oxygen atoms in total. The molecule has 2 aromatic rings. The lowest BCUT2D eigenvalue weighted by atomic mass is 9.99. The number of nitrogens with one attached hydrogen (secondary N) is 3. The Kier molecular flexibility index (Phi) is 14.3. The SMILES string of the molecule is CC(C)CC(NC(=O)C(Cc1ccccc1)NC(=O)C(N)Cc1ccccc1)C(=O)NC(CCCCN)C(=O)N1CC2CC1CN2CC(N)=O. The third kappa shape index (κ3) is 11.1. The van der Waals surface area contributed by atoms with Crippen molar-refractivity contribution < 1.29 is 24.0 Å². The van der Waals surface area contributed by atoms with Gasteiger partial charge in [-0.05, 0) is 62.1 Å². The lowest BCUT2D eigenvalue weighted by molar-refractivity contribution is -0.139. The maximum absolute atomic E-state index is 13.9. The van der Waals surface area contributed by atoms with Crippen LogP contribution < -0.4 is 33.2 Å². The Morgan fingerprint density at radius 1 is 0.760 bits per heavy atom. The van der Waals surface area contributed by atoms with E-state index in [-0.39, 0.29) is 36.9 Å². The van der Waals surface area contributed by atoms with Crippen molar-refractivity contribution in [1.82, 2.24) is 25.8 Å². The first kappa shape index (κ1) is 38.5. The van der Waals surface area contributed by atoms with E-state index in [1.165, 1.54) is 0 Å². The van der Waals surface area contributed by atoms with Crippen molar-refractivity contribution >= 4 is 29.5 Å². The topological polar surface area (TPSA) is 206 Å². The minimum Gasteiger partial charge on any atom is -0.369 e. The lowest BCUT2D eigenvalue weighted by Gasteiger charge is -2.36. The van der Waals surface area contributed by atoms with Crippen LogP contribution in [-0.2, 0) is 36.8 Å². The number of carbonyl (C=O) groups is 5. The summed E-state index contributed by atoms with van der Waals surface area (Å²) in [6.07, 6.45) is 3.28. The summed E-state index contributed by atoms with van der Waals surface area (Å²) in [5.41, 5.74) is 19.1. The molecular weight excluding hydrogens is 636 g/mol. The third-order valence-electron chi connectivity index (χ3n) is 9.45. The van der Waals surface area contributed by atoms with Crippen LogP contribution in [0.4, 0.5) is 0 Å². The van der Waals surface area contributed by atoms with Gasteiger partial charge in [0.05, 0.1) is 12.6 Å². The molecule has 2 aliphatic rings. The van der Waals surface area contributed by atoms with Crippen LogP contribution in [0.5, 0.6) is 0 Å². The molecule has 272 valence electrons. The second kappa shape index (κ2) is 18.6. The molecule has 2 bridgehead atoms. The number of likely N-dealkylation sites (tertiary alicyclic amines) is 2. The van der Waals surface area contributed by atoms with Gasteiger partial charge >= 0.3 is 0 Å². The van der Waals surface area contributed by atoms with Gasteiger partial charge in [-0.2, -0.15) is 0 Å². The number of hydrogen-bond acceptors (Lipinski definition) is 8. The quantitative estimate of drug-likeness (QED) is 0.112. The van der Waals surface area contributed by atoms with E-state index in [4.69, 9.17) is 17.2 Å². The molecular formula is C37H54N8O5. The normalized spacial score (nSPS) is 19.4. The van der Waals surface area contributed by atoms with Gasteiger partial charge in [-0.25, -0.2) is 0 Å². The van der Waals surface area contributed by atoms with E-state index in [0.717, 1.165) is 17.5 Å². The summed E-state index contributed by atoms with van der Waals surface area (Å²) in [4.78, 5) is 70.4. The first-order valence-electron chi connectivity index (χ1n) is 17.7. The van der Waals surface area contributed by atoms with Crippen LogP contribution in [0.2, 0.25) is 0 Å². The van der Waals surface area contributed by atoms with Crippen LogP contribution in [0.25, 0.3) is 0 Å². The fourth-order valence-electron chi connectivity index (χ4n) is 6.91. The molecule has 2 aliphatic heterocycles. The monoisotopic (exact) mass is 690 g/mol. The summed E-state index contributed by atoms with van der Waals surface area (Å²) in [5, 5.41) is 8.68. The predicted octanol–water partition coefficient (Wildman–Crippen LogP) is 0.199. The highest BCUT2D eigenvalue weighted by molar-refractivity contribution is 5.95. The Bertz CT molecular complexity index is 1440. The van der Waals surface area contributed by atoms with Crippen LogP contribution in [0, 0.1) is 5.92 Å². The second-order valence-electron chi connectivity index (χ2n) is 14.0. The number of carbonyl (C=O) groups excluding carboxylic acids is 5. The molecule has 0 radical (unpaired) electrons. The van der Waals surface area contributed by atoms with Gasteiger partial charge in [0.15, 0.2) is 0 Å². The molecule has 5 amide bonds. The van der Waals surface area contributed by atoms with Gasteiger partial charge in [0.2, 0.25) is 29.5 Å². The fourth-order valence-corrected chi connectivity index (χ4v) is 6.91. The van der Waals surface area contributed by atoms with Gasteiger partial charge in [-0.1, -0.05) is 74.5 Å². The number of rotatable bonds is 19.